The van der Waals surface area contributed by atoms with Crippen LogP contribution in [0.5, 0.6) is 0 Å². The average Bonchev–Trinajstić information content (AvgIpc) is 1.86. The van der Waals surface area contributed by atoms with Crippen LogP contribution in [-0.2, 0) is 4.74 Å². The molecular formula is C6H14O3S2. The Kier molecular flexibility index (Phi) is 4.21. The van der Waals surface area contributed by atoms with Crippen LogP contribution >= 0.6 is 25.3 Å². The molecule has 0 aliphatic heterocycles. The summed E-state index contributed by atoms with van der Waals surface area (Å²) in [5.41, 5.74) is 0. The van der Waals surface area contributed by atoms with Gasteiger partial charge in [0.25, 0.3) is 0 Å². The first-order valence-electron chi connectivity index (χ1n) is 3.42. The van der Waals surface area contributed by atoms with Crippen molar-refractivity contribution in [3.63, 3.8) is 0 Å². The Morgan fingerprint density at radius 3 is 1.55 bits per heavy atom. The van der Waals surface area contributed by atoms with Crippen LogP contribution in [0.3, 0.4) is 0 Å². The van der Waals surface area contributed by atoms with Crippen molar-refractivity contribution in [1.29, 1.82) is 0 Å². The zero-order valence-corrected chi connectivity index (χ0v) is 8.40. The van der Waals surface area contributed by atoms with E-state index in [2.05, 4.69) is 25.3 Å². The summed E-state index contributed by atoms with van der Waals surface area (Å²) in [5.74, 6) is 0. The van der Waals surface area contributed by atoms with E-state index in [1.165, 1.54) is 0 Å². The van der Waals surface area contributed by atoms with Crippen LogP contribution < -0.4 is 0 Å². The molecule has 5 heteroatoms. The molecule has 0 aromatic carbocycles. The van der Waals surface area contributed by atoms with Crippen molar-refractivity contribution >= 4 is 25.3 Å². The summed E-state index contributed by atoms with van der Waals surface area (Å²) in [6.45, 7) is 3.37. The Hall–Kier alpha value is 0.580. The average molecular weight is 198 g/mol. The van der Waals surface area contributed by atoms with Gasteiger partial charge in [0.05, 0.1) is 0 Å². The lowest BCUT2D eigenvalue weighted by Gasteiger charge is -2.30. The van der Waals surface area contributed by atoms with Gasteiger partial charge in [0, 0.05) is 12.8 Å². The van der Waals surface area contributed by atoms with E-state index < -0.39 is 10.2 Å². The summed E-state index contributed by atoms with van der Waals surface area (Å²) in [6.07, 6.45) is 0.554. The minimum absolute atomic E-state index is 0.277. The summed E-state index contributed by atoms with van der Waals surface area (Å²) in [5, 5.41) is 15.2. The number of ether oxygens (including phenoxy) is 1. The topological polar surface area (TPSA) is 49.7 Å². The van der Waals surface area contributed by atoms with Crippen molar-refractivity contribution in [2.24, 2.45) is 0 Å². The molecule has 0 amide bonds. The van der Waals surface area contributed by atoms with E-state index in [0.717, 1.165) is 0 Å². The molecule has 0 saturated carbocycles. The lowest BCUT2D eigenvalue weighted by molar-refractivity contribution is -0.247. The normalized spacial score (nSPS) is 22.4. The highest BCUT2D eigenvalue weighted by atomic mass is 32.1. The predicted octanol–water partition coefficient (Wildman–Crippen LogP) is 0.975. The Bertz CT molecular complexity index is 111. The van der Waals surface area contributed by atoms with Crippen molar-refractivity contribution < 1.29 is 14.9 Å². The molecule has 0 aromatic rings. The van der Waals surface area contributed by atoms with Crippen LogP contribution in [0.1, 0.15) is 26.7 Å². The quantitative estimate of drug-likeness (QED) is 0.402. The van der Waals surface area contributed by atoms with Gasteiger partial charge in [-0.15, -0.1) is 25.3 Å². The molecule has 11 heavy (non-hydrogen) atoms. The van der Waals surface area contributed by atoms with Crippen molar-refractivity contribution in [3.8, 4) is 0 Å². The first kappa shape index (κ1) is 11.6. The molecule has 0 aliphatic rings. The van der Waals surface area contributed by atoms with E-state index in [9.17, 15) is 10.2 Å². The SMILES string of the molecule is CCC(O)(S)OC(O)(S)CC. The van der Waals surface area contributed by atoms with Crippen molar-refractivity contribution in [2.75, 3.05) is 0 Å². The smallest absolute Gasteiger partial charge is 0.216 e. The highest BCUT2D eigenvalue weighted by Crippen LogP contribution is 2.27. The number of hydrogen-bond acceptors (Lipinski definition) is 5. The Balaban J connectivity index is 4.02. The molecule has 68 valence electrons. The van der Waals surface area contributed by atoms with Crippen molar-refractivity contribution in [1.82, 2.24) is 0 Å². The van der Waals surface area contributed by atoms with E-state index in [0.29, 0.717) is 0 Å². The van der Waals surface area contributed by atoms with Gasteiger partial charge in [0.2, 0.25) is 10.2 Å². The Morgan fingerprint density at radius 2 is 1.36 bits per heavy atom. The van der Waals surface area contributed by atoms with Gasteiger partial charge in [0.1, 0.15) is 0 Å². The molecule has 0 heterocycles. The van der Waals surface area contributed by atoms with Gasteiger partial charge in [-0.3, -0.25) is 4.74 Å². The van der Waals surface area contributed by atoms with E-state index in [4.69, 9.17) is 4.74 Å². The summed E-state index contributed by atoms with van der Waals surface area (Å²) < 4.78 is 4.76. The lowest BCUT2D eigenvalue weighted by atomic mass is 10.4. The first-order valence-corrected chi connectivity index (χ1v) is 4.32. The van der Waals surface area contributed by atoms with Crippen molar-refractivity contribution in [3.05, 3.63) is 0 Å². The van der Waals surface area contributed by atoms with Crippen LogP contribution in [0.25, 0.3) is 0 Å². The highest BCUT2D eigenvalue weighted by Gasteiger charge is 2.31. The molecule has 0 fully saturated rings. The molecule has 3 nitrogen and oxygen atoms in total. The molecule has 0 saturated heterocycles. The maximum absolute atomic E-state index is 9.22. The van der Waals surface area contributed by atoms with Gasteiger partial charge >= 0.3 is 0 Å². The Labute approximate surface area is 77.6 Å². The molecule has 2 N–H and O–H groups in total. The van der Waals surface area contributed by atoms with E-state index in [-0.39, 0.29) is 12.8 Å². The molecule has 0 aromatic heterocycles. The third-order valence-electron chi connectivity index (χ3n) is 1.25. The van der Waals surface area contributed by atoms with Crippen LogP contribution in [0.4, 0.5) is 0 Å². The van der Waals surface area contributed by atoms with Crippen molar-refractivity contribution in [2.45, 2.75) is 36.9 Å². The molecule has 0 spiro atoms. The van der Waals surface area contributed by atoms with Gasteiger partial charge < -0.3 is 10.2 Å². The largest absolute Gasteiger partial charge is 0.357 e. The fourth-order valence-electron chi connectivity index (χ4n) is 0.406. The summed E-state index contributed by atoms with van der Waals surface area (Å²) in [6, 6.07) is 0. The second-order valence-electron chi connectivity index (χ2n) is 2.30. The molecular weight excluding hydrogens is 184 g/mol. The minimum atomic E-state index is -1.60. The molecule has 2 unspecified atom stereocenters. The van der Waals surface area contributed by atoms with Gasteiger partial charge in [-0.1, -0.05) is 13.8 Å². The monoisotopic (exact) mass is 198 g/mol. The third kappa shape index (κ3) is 4.92. The fraction of sp³-hybridized carbons (Fsp3) is 1.00. The first-order chi connectivity index (χ1) is 4.83. The zero-order valence-electron chi connectivity index (χ0n) is 6.61. The van der Waals surface area contributed by atoms with Gasteiger partial charge in [-0.25, -0.2) is 0 Å². The molecule has 0 rings (SSSR count). The third-order valence-corrected chi connectivity index (χ3v) is 2.06. The second-order valence-corrected chi connectivity index (χ2v) is 3.69. The van der Waals surface area contributed by atoms with E-state index in [1.807, 2.05) is 0 Å². The molecule has 2 atom stereocenters. The lowest BCUT2D eigenvalue weighted by Crippen LogP contribution is -2.36. The van der Waals surface area contributed by atoms with Crippen LogP contribution in [0.15, 0.2) is 0 Å². The summed E-state index contributed by atoms with van der Waals surface area (Å²) in [7, 11) is 0. The van der Waals surface area contributed by atoms with Gasteiger partial charge in [0.15, 0.2) is 0 Å². The van der Waals surface area contributed by atoms with Gasteiger partial charge in [-0.05, 0) is 0 Å². The summed E-state index contributed by atoms with van der Waals surface area (Å²) >= 11 is 7.52. The van der Waals surface area contributed by atoms with E-state index >= 15 is 0 Å². The van der Waals surface area contributed by atoms with Crippen LogP contribution in [0.2, 0.25) is 0 Å². The van der Waals surface area contributed by atoms with Crippen LogP contribution in [-0.4, -0.2) is 20.5 Å². The fourth-order valence-corrected chi connectivity index (χ4v) is 0.780. The Morgan fingerprint density at radius 1 is 1.09 bits per heavy atom. The maximum atomic E-state index is 9.22. The van der Waals surface area contributed by atoms with E-state index in [1.54, 1.807) is 13.8 Å². The predicted molar refractivity (Wildman–Crippen MR) is 49.5 cm³/mol. The highest BCUT2D eigenvalue weighted by molar-refractivity contribution is 7.82. The minimum Gasteiger partial charge on any atom is -0.357 e. The number of hydrogen-bond donors (Lipinski definition) is 4. The molecule has 0 radical (unpaired) electrons. The number of aliphatic hydroxyl groups is 2. The molecule has 0 aliphatic carbocycles. The van der Waals surface area contributed by atoms with Gasteiger partial charge in [-0.2, -0.15) is 0 Å². The number of thiol groups is 2. The molecule has 0 bridgehead atoms. The van der Waals surface area contributed by atoms with Crippen LogP contribution in [0, 0.1) is 0 Å². The zero-order chi connectivity index (χ0) is 9.12. The second kappa shape index (κ2) is 4.00. The standard InChI is InChI=1S/C6H14O3S2/c1-3-5(7,10)9-6(8,11)4-2/h7-8,10-11H,3-4H2,1-2H3. The maximum Gasteiger partial charge on any atom is 0.216 e. The number of rotatable bonds is 4. The summed E-state index contributed by atoms with van der Waals surface area (Å²) in [4.78, 5) is 0.